The molecule has 0 saturated carbocycles. The summed E-state index contributed by atoms with van der Waals surface area (Å²) in [5.74, 6) is 0. The fraction of sp³-hybridized carbons (Fsp3) is 1.00. The second-order valence-electron chi connectivity index (χ2n) is 11.6. The average Bonchev–Trinajstić information content (AvgIpc) is 2.89. The maximum Gasteiger partial charge on any atom is 0.236 e. The van der Waals surface area contributed by atoms with Crippen LogP contribution in [0.1, 0.15) is 181 Å². The molecule has 0 radical (unpaired) electrons. The molecule has 0 unspecified atom stereocenters. The Bertz CT molecular complexity index is 476. The Kier molecular flexibility index (Phi) is 29.6. The van der Waals surface area contributed by atoms with Crippen LogP contribution < -0.4 is 0 Å². The van der Waals surface area contributed by atoms with Crippen molar-refractivity contribution in [3.63, 3.8) is 0 Å². The summed E-state index contributed by atoms with van der Waals surface area (Å²) in [6.45, 7) is 4.62. The van der Waals surface area contributed by atoms with Gasteiger partial charge in [-0.05, 0) is 12.8 Å². The molecule has 0 fully saturated rings. The number of unbranched alkanes of at least 4 members (excludes halogenated alkanes) is 22. The van der Waals surface area contributed by atoms with E-state index in [1.807, 2.05) is 0 Å². The fourth-order valence-corrected chi connectivity index (χ4v) is 5.66. The summed E-state index contributed by atoms with van der Waals surface area (Å²) in [4.78, 5) is 0.936. The zero-order valence-corrected chi connectivity index (χ0v) is 26.9. The first-order valence-corrected chi connectivity index (χ1v) is 17.6. The van der Waals surface area contributed by atoms with Crippen molar-refractivity contribution in [2.45, 2.75) is 192 Å². The molecule has 6 heteroatoms. The lowest BCUT2D eigenvalue weighted by atomic mass is 10.0. The second-order valence-corrected chi connectivity index (χ2v) is 12.9. The standard InChI is InChI=1S/C32H64Cl2N2O2/c1-3-5-7-9-11-13-15-17-19-21-23-25-27-31(33)29-35(37)36(38)30-32(34)28-26-24-22-20-18-16-14-12-10-8-6-4-2/h31-32H,3-30H2,1-2H3/b36-35+/t31-,32-/m1/s1. The van der Waals surface area contributed by atoms with E-state index in [0.29, 0.717) is 9.72 Å². The van der Waals surface area contributed by atoms with E-state index in [-0.39, 0.29) is 23.8 Å². The third kappa shape index (κ3) is 27.4. The van der Waals surface area contributed by atoms with Crippen LogP contribution in [-0.4, -0.2) is 33.6 Å². The highest BCUT2D eigenvalue weighted by molar-refractivity contribution is 6.20. The van der Waals surface area contributed by atoms with E-state index in [1.165, 1.54) is 128 Å². The van der Waals surface area contributed by atoms with Gasteiger partial charge in [-0.1, -0.05) is 168 Å². The van der Waals surface area contributed by atoms with Gasteiger partial charge in [-0.25, -0.2) is 0 Å². The zero-order chi connectivity index (χ0) is 28.1. The second kappa shape index (κ2) is 29.8. The zero-order valence-electron chi connectivity index (χ0n) is 25.4. The third-order valence-electron chi connectivity index (χ3n) is 7.70. The van der Waals surface area contributed by atoms with Crippen molar-refractivity contribution in [2.24, 2.45) is 0 Å². The van der Waals surface area contributed by atoms with Crippen LogP contribution in [0.3, 0.4) is 0 Å². The number of rotatable bonds is 30. The molecule has 228 valence electrons. The summed E-state index contributed by atoms with van der Waals surface area (Å²) >= 11 is 12.7. The minimum absolute atomic E-state index is 0.0469. The fourth-order valence-electron chi connectivity index (χ4n) is 5.12. The molecule has 0 aliphatic carbocycles. The van der Waals surface area contributed by atoms with E-state index < -0.39 is 0 Å². The maximum atomic E-state index is 12.2. The average molecular weight is 580 g/mol. The minimum Gasteiger partial charge on any atom is -0.567 e. The molecule has 0 aliphatic heterocycles. The van der Waals surface area contributed by atoms with Gasteiger partial charge >= 0.3 is 0 Å². The predicted octanol–water partition coefficient (Wildman–Crippen LogP) is 11.9. The van der Waals surface area contributed by atoms with Gasteiger partial charge in [-0.3, -0.25) is 0 Å². The van der Waals surface area contributed by atoms with Gasteiger partial charge in [0.2, 0.25) is 13.1 Å². The first kappa shape index (κ1) is 37.8. The van der Waals surface area contributed by atoms with Crippen LogP contribution in [-0.2, 0) is 0 Å². The molecule has 4 nitrogen and oxygen atoms in total. The van der Waals surface area contributed by atoms with Crippen LogP contribution in [0.25, 0.3) is 0 Å². The van der Waals surface area contributed by atoms with Gasteiger partial charge in [0.25, 0.3) is 0 Å². The number of hydrogen-bond donors (Lipinski definition) is 0. The molecule has 0 aromatic carbocycles. The Morgan fingerprint density at radius 2 is 0.605 bits per heavy atom. The number of alkyl halides is 2. The topological polar surface area (TPSA) is 52.1 Å². The van der Waals surface area contributed by atoms with Crippen LogP contribution in [0.5, 0.6) is 0 Å². The summed E-state index contributed by atoms with van der Waals surface area (Å²) in [6.07, 6.45) is 32.9. The van der Waals surface area contributed by atoms with Crippen LogP contribution in [0.15, 0.2) is 0 Å². The van der Waals surface area contributed by atoms with Gasteiger partial charge in [0, 0.05) is 9.72 Å². The van der Waals surface area contributed by atoms with Crippen LogP contribution in [0, 0.1) is 10.4 Å². The van der Waals surface area contributed by atoms with Crippen molar-refractivity contribution in [2.75, 3.05) is 13.1 Å². The van der Waals surface area contributed by atoms with Crippen molar-refractivity contribution in [1.82, 2.24) is 0 Å². The number of hydroxylamine groups is 2. The van der Waals surface area contributed by atoms with Gasteiger partial charge in [-0.2, -0.15) is 0 Å². The Morgan fingerprint density at radius 3 is 0.842 bits per heavy atom. The molecular formula is C32H64Cl2N2O2. The summed E-state index contributed by atoms with van der Waals surface area (Å²) < 4.78 is 0. The van der Waals surface area contributed by atoms with Gasteiger partial charge in [0.15, 0.2) is 0 Å². The van der Waals surface area contributed by atoms with E-state index >= 15 is 0 Å². The Hall–Kier alpha value is -0.220. The first-order chi connectivity index (χ1) is 18.5. The van der Waals surface area contributed by atoms with Crippen molar-refractivity contribution < 1.29 is 9.72 Å². The largest absolute Gasteiger partial charge is 0.567 e. The summed E-state index contributed by atoms with van der Waals surface area (Å²) in [7, 11) is 0. The molecule has 0 heterocycles. The van der Waals surface area contributed by atoms with Crippen molar-refractivity contribution in [3.05, 3.63) is 10.4 Å². The normalized spacial score (nSPS) is 14.0. The molecule has 0 saturated heterocycles. The molecule has 0 aromatic heterocycles. The van der Waals surface area contributed by atoms with Gasteiger partial charge < -0.3 is 10.4 Å². The number of azo groups is 1. The lowest BCUT2D eigenvalue weighted by Crippen LogP contribution is -2.28. The van der Waals surface area contributed by atoms with Crippen LogP contribution in [0.2, 0.25) is 0 Å². The molecule has 0 spiro atoms. The molecule has 0 aliphatic rings. The minimum atomic E-state index is -0.280. The lowest BCUT2D eigenvalue weighted by Gasteiger charge is -2.11. The molecule has 0 bridgehead atoms. The molecule has 0 rings (SSSR count). The quantitative estimate of drug-likeness (QED) is 0.0279. The highest BCUT2D eigenvalue weighted by atomic mass is 35.5. The molecular weight excluding hydrogens is 515 g/mol. The van der Waals surface area contributed by atoms with E-state index in [1.54, 1.807) is 0 Å². The number of halogens is 2. The smallest absolute Gasteiger partial charge is 0.236 e. The lowest BCUT2D eigenvalue weighted by molar-refractivity contribution is -0.969. The Balaban J connectivity index is 3.64. The number of nitrogens with zero attached hydrogens (tertiary/aromatic N) is 2. The summed E-state index contributed by atoms with van der Waals surface area (Å²) in [5.41, 5.74) is 0. The number of hydrogen-bond acceptors (Lipinski definition) is 2. The SMILES string of the molecule is CCCCCCCCCCCCCC[C@@H](Cl)C/[N+]([O-])=[N+](\[O-])C[C@H](Cl)CCCCCCCCCCCCCC. The van der Waals surface area contributed by atoms with Crippen LogP contribution >= 0.6 is 23.2 Å². The maximum absolute atomic E-state index is 12.2. The molecule has 0 N–H and O–H groups in total. The van der Waals surface area contributed by atoms with Crippen molar-refractivity contribution in [1.29, 1.82) is 0 Å². The molecule has 0 aromatic rings. The Morgan fingerprint density at radius 1 is 0.395 bits per heavy atom. The Labute approximate surface area is 247 Å². The third-order valence-corrected chi connectivity index (χ3v) is 8.41. The molecule has 38 heavy (non-hydrogen) atoms. The highest BCUT2D eigenvalue weighted by Crippen LogP contribution is 2.16. The van der Waals surface area contributed by atoms with Crippen LogP contribution in [0.4, 0.5) is 0 Å². The van der Waals surface area contributed by atoms with E-state index in [0.717, 1.165) is 38.5 Å². The molecule has 2 atom stereocenters. The van der Waals surface area contributed by atoms with Gasteiger partial charge in [0.05, 0.1) is 0 Å². The van der Waals surface area contributed by atoms with Gasteiger partial charge in [-0.15, -0.1) is 23.2 Å². The van der Waals surface area contributed by atoms with Crippen molar-refractivity contribution >= 4 is 23.2 Å². The summed E-state index contributed by atoms with van der Waals surface area (Å²) in [5, 5.41) is 23.8. The monoisotopic (exact) mass is 578 g/mol. The van der Waals surface area contributed by atoms with Crippen molar-refractivity contribution in [3.8, 4) is 0 Å². The van der Waals surface area contributed by atoms with E-state index in [2.05, 4.69) is 13.8 Å². The predicted molar refractivity (Wildman–Crippen MR) is 168 cm³/mol. The first-order valence-electron chi connectivity index (χ1n) is 16.7. The van der Waals surface area contributed by atoms with E-state index in [4.69, 9.17) is 23.2 Å². The summed E-state index contributed by atoms with van der Waals surface area (Å²) in [6, 6.07) is 0. The van der Waals surface area contributed by atoms with E-state index in [9.17, 15) is 10.4 Å². The highest BCUT2D eigenvalue weighted by Gasteiger charge is 2.19. The van der Waals surface area contributed by atoms with Gasteiger partial charge in [0.1, 0.15) is 10.8 Å². The molecule has 0 amide bonds.